The highest BCUT2D eigenvalue weighted by atomic mass is 16.6. The van der Waals surface area contributed by atoms with E-state index in [0.717, 1.165) is 29.0 Å². The third-order valence-electron chi connectivity index (χ3n) is 4.54. The van der Waals surface area contributed by atoms with Crippen molar-refractivity contribution in [3.63, 3.8) is 0 Å². The molecule has 4 rings (SSSR count). The highest BCUT2D eigenvalue weighted by Gasteiger charge is 2.20. The molecular formula is C20H22N2O5. The van der Waals surface area contributed by atoms with Crippen molar-refractivity contribution in [1.82, 2.24) is 5.32 Å². The molecular weight excluding hydrogens is 348 g/mol. The number of hydrogen-bond donors (Lipinski definition) is 2. The van der Waals surface area contributed by atoms with Crippen molar-refractivity contribution in [2.24, 2.45) is 0 Å². The first-order valence-electron chi connectivity index (χ1n) is 8.93. The summed E-state index contributed by atoms with van der Waals surface area (Å²) in [5.74, 6) is 2.84. The zero-order valence-electron chi connectivity index (χ0n) is 15.3. The van der Waals surface area contributed by atoms with E-state index in [1.54, 1.807) is 13.2 Å². The molecule has 2 aliphatic rings. The molecule has 0 radical (unpaired) electrons. The summed E-state index contributed by atoms with van der Waals surface area (Å²) < 4.78 is 22.2. The Bertz CT molecular complexity index is 868. The average Bonchev–Trinajstić information content (AvgIpc) is 3.04. The second-order valence-corrected chi connectivity index (χ2v) is 6.57. The number of amides is 2. The first-order chi connectivity index (χ1) is 13.1. The van der Waals surface area contributed by atoms with E-state index in [0.29, 0.717) is 37.0 Å². The summed E-state index contributed by atoms with van der Waals surface area (Å²) in [6, 6.07) is 8.99. The molecule has 27 heavy (non-hydrogen) atoms. The van der Waals surface area contributed by atoms with Crippen LogP contribution in [0.2, 0.25) is 0 Å². The number of urea groups is 1. The van der Waals surface area contributed by atoms with Gasteiger partial charge in [0.25, 0.3) is 0 Å². The highest BCUT2D eigenvalue weighted by molar-refractivity contribution is 5.89. The summed E-state index contributed by atoms with van der Waals surface area (Å²) in [4.78, 5) is 12.3. The predicted molar refractivity (Wildman–Crippen MR) is 100 cm³/mol. The fourth-order valence-corrected chi connectivity index (χ4v) is 3.29. The van der Waals surface area contributed by atoms with Gasteiger partial charge >= 0.3 is 6.03 Å². The highest BCUT2D eigenvalue weighted by Crippen LogP contribution is 2.36. The Kier molecular flexibility index (Phi) is 4.66. The lowest BCUT2D eigenvalue weighted by molar-refractivity contribution is 0.170. The van der Waals surface area contributed by atoms with Crippen molar-refractivity contribution in [1.29, 1.82) is 0 Å². The number of carbonyl (C=O) groups excluding carboxylic acids is 1. The maximum absolute atomic E-state index is 12.3. The zero-order chi connectivity index (χ0) is 18.8. The number of anilines is 1. The molecule has 2 aliphatic heterocycles. The molecule has 2 heterocycles. The van der Waals surface area contributed by atoms with E-state index in [1.165, 1.54) is 0 Å². The van der Waals surface area contributed by atoms with Crippen LogP contribution >= 0.6 is 0 Å². The number of hydrogen-bond acceptors (Lipinski definition) is 5. The molecule has 0 saturated heterocycles. The largest absolute Gasteiger partial charge is 0.496 e. The standard InChI is InChI=1S/C20H22N2O5/c1-12-7-13-8-15(3-4-16(13)27-12)22-20(23)21-11-14-9-18-19(10-17(14)24-2)26-6-5-25-18/h3-4,8-10,12H,5-7,11H2,1-2H3,(H2,21,22,23)/t12-/m1/s1. The lowest BCUT2D eigenvalue weighted by Gasteiger charge is -2.21. The molecule has 0 saturated carbocycles. The molecule has 2 amide bonds. The van der Waals surface area contributed by atoms with Gasteiger partial charge in [0.2, 0.25) is 0 Å². The van der Waals surface area contributed by atoms with Crippen molar-refractivity contribution in [2.75, 3.05) is 25.6 Å². The van der Waals surface area contributed by atoms with Crippen molar-refractivity contribution in [3.05, 3.63) is 41.5 Å². The van der Waals surface area contributed by atoms with Gasteiger partial charge < -0.3 is 29.6 Å². The van der Waals surface area contributed by atoms with E-state index in [9.17, 15) is 4.79 Å². The third-order valence-corrected chi connectivity index (χ3v) is 4.54. The third kappa shape index (κ3) is 3.72. The maximum Gasteiger partial charge on any atom is 0.319 e. The molecule has 0 fully saturated rings. The summed E-state index contributed by atoms with van der Waals surface area (Å²) in [6.07, 6.45) is 1.02. The molecule has 0 unspecified atom stereocenters. The molecule has 2 aromatic rings. The van der Waals surface area contributed by atoms with Gasteiger partial charge in [-0.25, -0.2) is 4.79 Å². The Morgan fingerprint density at radius 3 is 2.70 bits per heavy atom. The van der Waals surface area contributed by atoms with Crippen LogP contribution < -0.4 is 29.6 Å². The maximum atomic E-state index is 12.3. The molecule has 0 aromatic heterocycles. The normalized spacial score (nSPS) is 16.9. The van der Waals surface area contributed by atoms with Gasteiger partial charge in [0.1, 0.15) is 30.8 Å². The number of carbonyl (C=O) groups is 1. The Hall–Kier alpha value is -3.09. The molecule has 0 aliphatic carbocycles. The van der Waals surface area contributed by atoms with Gasteiger partial charge in [-0.05, 0) is 36.8 Å². The van der Waals surface area contributed by atoms with Crippen LogP contribution in [-0.2, 0) is 13.0 Å². The summed E-state index contributed by atoms with van der Waals surface area (Å²) in [5, 5.41) is 5.70. The van der Waals surface area contributed by atoms with Gasteiger partial charge in [-0.2, -0.15) is 0 Å². The van der Waals surface area contributed by atoms with Crippen molar-refractivity contribution in [2.45, 2.75) is 26.0 Å². The number of benzene rings is 2. The molecule has 142 valence electrons. The Balaban J connectivity index is 1.40. The monoisotopic (exact) mass is 370 g/mol. The Morgan fingerprint density at radius 2 is 1.93 bits per heavy atom. The minimum Gasteiger partial charge on any atom is -0.496 e. The lowest BCUT2D eigenvalue weighted by atomic mass is 10.1. The predicted octanol–water partition coefficient (Wildman–Crippen LogP) is 3.11. The van der Waals surface area contributed by atoms with E-state index in [4.69, 9.17) is 18.9 Å². The Morgan fingerprint density at radius 1 is 1.15 bits per heavy atom. The van der Waals surface area contributed by atoms with E-state index in [1.807, 2.05) is 31.2 Å². The molecule has 0 bridgehead atoms. The molecule has 2 N–H and O–H groups in total. The fourth-order valence-electron chi connectivity index (χ4n) is 3.29. The Labute approximate surface area is 157 Å². The first kappa shape index (κ1) is 17.3. The van der Waals surface area contributed by atoms with Gasteiger partial charge in [0.05, 0.1) is 7.11 Å². The molecule has 1 atom stereocenters. The van der Waals surface area contributed by atoms with E-state index in [2.05, 4.69) is 10.6 Å². The van der Waals surface area contributed by atoms with Crippen LogP contribution in [0.4, 0.5) is 10.5 Å². The summed E-state index contributed by atoms with van der Waals surface area (Å²) in [7, 11) is 1.59. The van der Waals surface area contributed by atoms with Gasteiger partial charge in [-0.1, -0.05) is 0 Å². The van der Waals surface area contributed by atoms with Crippen LogP contribution in [0.5, 0.6) is 23.0 Å². The zero-order valence-corrected chi connectivity index (χ0v) is 15.3. The van der Waals surface area contributed by atoms with E-state index < -0.39 is 0 Å². The number of nitrogens with one attached hydrogen (secondary N) is 2. The number of fused-ring (bicyclic) bond motifs is 2. The molecule has 7 heteroatoms. The minimum atomic E-state index is -0.293. The van der Waals surface area contributed by atoms with Crippen LogP contribution in [0.3, 0.4) is 0 Å². The number of rotatable bonds is 4. The van der Waals surface area contributed by atoms with Crippen LogP contribution in [0, 0.1) is 0 Å². The minimum absolute atomic E-state index is 0.173. The van der Waals surface area contributed by atoms with E-state index >= 15 is 0 Å². The summed E-state index contributed by atoms with van der Waals surface area (Å²) in [5.41, 5.74) is 2.65. The summed E-state index contributed by atoms with van der Waals surface area (Å²) in [6.45, 7) is 3.35. The average molecular weight is 370 g/mol. The number of ether oxygens (including phenoxy) is 4. The quantitative estimate of drug-likeness (QED) is 0.865. The van der Waals surface area contributed by atoms with Gasteiger partial charge in [-0.3, -0.25) is 0 Å². The fraction of sp³-hybridized carbons (Fsp3) is 0.350. The molecule has 2 aromatic carbocycles. The van der Waals surface area contributed by atoms with Crippen LogP contribution in [-0.4, -0.2) is 32.5 Å². The van der Waals surface area contributed by atoms with Crippen molar-refractivity contribution >= 4 is 11.7 Å². The SMILES string of the molecule is COc1cc2c(cc1CNC(=O)Nc1ccc3c(c1)C[C@@H](C)O3)OCCO2. The first-order valence-corrected chi connectivity index (χ1v) is 8.93. The smallest absolute Gasteiger partial charge is 0.319 e. The topological polar surface area (TPSA) is 78.1 Å². The van der Waals surface area contributed by atoms with Gasteiger partial charge in [-0.15, -0.1) is 0 Å². The van der Waals surface area contributed by atoms with Crippen LogP contribution in [0.15, 0.2) is 30.3 Å². The van der Waals surface area contributed by atoms with Crippen molar-refractivity contribution < 1.29 is 23.7 Å². The molecule has 7 nitrogen and oxygen atoms in total. The van der Waals surface area contributed by atoms with Gasteiger partial charge in [0.15, 0.2) is 11.5 Å². The van der Waals surface area contributed by atoms with Gasteiger partial charge in [0, 0.05) is 30.3 Å². The number of methoxy groups -OCH3 is 1. The molecule has 0 spiro atoms. The van der Waals surface area contributed by atoms with Crippen molar-refractivity contribution in [3.8, 4) is 23.0 Å². The van der Waals surface area contributed by atoms with Crippen LogP contribution in [0.1, 0.15) is 18.1 Å². The van der Waals surface area contributed by atoms with E-state index in [-0.39, 0.29) is 12.1 Å². The lowest BCUT2D eigenvalue weighted by Crippen LogP contribution is -2.28. The van der Waals surface area contributed by atoms with Crippen LogP contribution in [0.25, 0.3) is 0 Å². The second-order valence-electron chi connectivity index (χ2n) is 6.57. The summed E-state index contributed by atoms with van der Waals surface area (Å²) >= 11 is 0. The second kappa shape index (κ2) is 7.26.